The Balaban J connectivity index is 2.53. The molecule has 6 heteroatoms. The molecule has 0 saturated heterocycles. The van der Waals surface area contributed by atoms with E-state index < -0.39 is 0 Å². The van der Waals surface area contributed by atoms with E-state index in [9.17, 15) is 0 Å². The lowest BCUT2D eigenvalue weighted by atomic mass is 10.2. The molecule has 2 aromatic rings. The standard InChI is InChI=1S/C11H11BrIN3O/c1-2-3-7-8(13)10(14)16-11(15-7)9-6(12)4-5-17-9/h4-5H,2-3H2,1H3,(H2,14,15,16). The van der Waals surface area contributed by atoms with Crippen molar-refractivity contribution in [2.24, 2.45) is 0 Å². The molecule has 0 aliphatic carbocycles. The summed E-state index contributed by atoms with van der Waals surface area (Å²) >= 11 is 5.57. The lowest BCUT2D eigenvalue weighted by Gasteiger charge is -2.07. The fourth-order valence-corrected chi connectivity index (χ4v) is 2.36. The summed E-state index contributed by atoms with van der Waals surface area (Å²) in [5, 5.41) is 0. The molecule has 90 valence electrons. The normalized spacial score (nSPS) is 10.8. The van der Waals surface area contributed by atoms with Crippen LogP contribution in [0.4, 0.5) is 5.82 Å². The molecular weight excluding hydrogens is 397 g/mol. The van der Waals surface area contributed by atoms with E-state index in [1.54, 1.807) is 6.26 Å². The maximum absolute atomic E-state index is 5.89. The van der Waals surface area contributed by atoms with Crippen LogP contribution in [-0.2, 0) is 6.42 Å². The van der Waals surface area contributed by atoms with Gasteiger partial charge in [0.15, 0.2) is 11.6 Å². The monoisotopic (exact) mass is 407 g/mol. The van der Waals surface area contributed by atoms with Crippen LogP contribution in [0.25, 0.3) is 11.6 Å². The maximum atomic E-state index is 5.89. The summed E-state index contributed by atoms with van der Waals surface area (Å²) in [6, 6.07) is 1.81. The zero-order valence-electron chi connectivity index (χ0n) is 9.20. The molecule has 2 N–H and O–H groups in total. The predicted octanol–water partition coefficient (Wildman–Crippen LogP) is 3.64. The third-order valence-electron chi connectivity index (χ3n) is 2.25. The van der Waals surface area contributed by atoms with Crippen molar-refractivity contribution in [2.75, 3.05) is 5.73 Å². The molecule has 0 unspecified atom stereocenters. The highest BCUT2D eigenvalue weighted by Crippen LogP contribution is 2.29. The van der Waals surface area contributed by atoms with Gasteiger partial charge in [-0.3, -0.25) is 0 Å². The molecule has 0 spiro atoms. The Kier molecular flexibility index (Phi) is 4.03. The number of hydrogen-bond acceptors (Lipinski definition) is 4. The zero-order chi connectivity index (χ0) is 12.4. The first-order chi connectivity index (χ1) is 8.13. The van der Waals surface area contributed by atoms with E-state index in [1.807, 2.05) is 6.07 Å². The van der Waals surface area contributed by atoms with Gasteiger partial charge in [0.1, 0.15) is 5.82 Å². The number of furan rings is 1. The second-order valence-corrected chi connectivity index (χ2v) is 5.47. The molecule has 0 aromatic carbocycles. The van der Waals surface area contributed by atoms with E-state index in [2.05, 4.69) is 55.4 Å². The van der Waals surface area contributed by atoms with E-state index in [-0.39, 0.29) is 0 Å². The van der Waals surface area contributed by atoms with Crippen LogP contribution in [0, 0.1) is 3.57 Å². The van der Waals surface area contributed by atoms with Gasteiger partial charge in [0, 0.05) is 0 Å². The van der Waals surface area contributed by atoms with Gasteiger partial charge in [-0.2, -0.15) is 0 Å². The molecule has 2 aromatic heterocycles. The van der Waals surface area contributed by atoms with Crippen LogP contribution in [0.3, 0.4) is 0 Å². The van der Waals surface area contributed by atoms with E-state index in [4.69, 9.17) is 10.2 Å². The summed E-state index contributed by atoms with van der Waals surface area (Å²) < 4.78 is 7.11. The Morgan fingerprint density at radius 3 is 2.82 bits per heavy atom. The summed E-state index contributed by atoms with van der Waals surface area (Å²) in [6.45, 7) is 2.11. The minimum absolute atomic E-state index is 0.502. The quantitative estimate of drug-likeness (QED) is 0.789. The van der Waals surface area contributed by atoms with Gasteiger partial charge in [-0.1, -0.05) is 13.3 Å². The van der Waals surface area contributed by atoms with Gasteiger partial charge in [0.05, 0.1) is 20.0 Å². The fourth-order valence-electron chi connectivity index (χ4n) is 1.47. The smallest absolute Gasteiger partial charge is 0.199 e. The van der Waals surface area contributed by atoms with Gasteiger partial charge in [0.25, 0.3) is 0 Å². The van der Waals surface area contributed by atoms with Crippen molar-refractivity contribution in [2.45, 2.75) is 19.8 Å². The molecule has 4 nitrogen and oxygen atoms in total. The van der Waals surface area contributed by atoms with Gasteiger partial charge >= 0.3 is 0 Å². The SMILES string of the molecule is CCCc1nc(-c2occc2Br)nc(N)c1I. The number of aromatic nitrogens is 2. The maximum Gasteiger partial charge on any atom is 0.199 e. The van der Waals surface area contributed by atoms with Crippen molar-refractivity contribution in [3.8, 4) is 11.6 Å². The average molecular weight is 408 g/mol. The molecule has 0 fully saturated rings. The highest BCUT2D eigenvalue weighted by molar-refractivity contribution is 14.1. The number of halogens is 2. The molecule has 17 heavy (non-hydrogen) atoms. The Morgan fingerprint density at radius 2 is 2.24 bits per heavy atom. The number of nitrogen functional groups attached to an aromatic ring is 1. The van der Waals surface area contributed by atoms with Crippen LogP contribution in [0.5, 0.6) is 0 Å². The largest absolute Gasteiger partial charge is 0.460 e. The first-order valence-corrected chi connectivity index (χ1v) is 7.06. The van der Waals surface area contributed by atoms with E-state index in [0.29, 0.717) is 17.4 Å². The number of hydrogen-bond donors (Lipinski definition) is 1. The third kappa shape index (κ3) is 2.62. The van der Waals surface area contributed by atoms with Gasteiger partial charge < -0.3 is 10.2 Å². The van der Waals surface area contributed by atoms with Crippen LogP contribution in [-0.4, -0.2) is 9.97 Å². The van der Waals surface area contributed by atoms with Crippen LogP contribution >= 0.6 is 38.5 Å². The highest BCUT2D eigenvalue weighted by Gasteiger charge is 2.15. The molecule has 0 atom stereocenters. The van der Waals surface area contributed by atoms with Gasteiger partial charge in [0.2, 0.25) is 0 Å². The minimum atomic E-state index is 0.502. The minimum Gasteiger partial charge on any atom is -0.460 e. The second-order valence-electron chi connectivity index (χ2n) is 3.54. The molecule has 0 amide bonds. The molecule has 0 radical (unpaired) electrons. The molecular formula is C11H11BrIN3O. The molecule has 0 aliphatic heterocycles. The first-order valence-electron chi connectivity index (χ1n) is 5.18. The predicted molar refractivity (Wildman–Crippen MR) is 78.6 cm³/mol. The summed E-state index contributed by atoms with van der Waals surface area (Å²) in [5.41, 5.74) is 6.86. The van der Waals surface area contributed by atoms with Crippen molar-refractivity contribution in [3.05, 3.63) is 26.1 Å². The van der Waals surface area contributed by atoms with Crippen LogP contribution in [0.15, 0.2) is 21.2 Å². The summed E-state index contributed by atoms with van der Waals surface area (Å²) in [7, 11) is 0. The third-order valence-corrected chi connectivity index (χ3v) is 4.05. The van der Waals surface area contributed by atoms with Crippen LogP contribution in [0.2, 0.25) is 0 Å². The van der Waals surface area contributed by atoms with Crippen molar-refractivity contribution < 1.29 is 4.42 Å². The topological polar surface area (TPSA) is 64.9 Å². The number of rotatable bonds is 3. The Labute approximate surface area is 121 Å². The Bertz CT molecular complexity index is 542. The number of anilines is 1. The summed E-state index contributed by atoms with van der Waals surface area (Å²) in [5.74, 6) is 1.65. The lowest BCUT2D eigenvalue weighted by molar-refractivity contribution is 0.575. The molecule has 0 saturated carbocycles. The van der Waals surface area contributed by atoms with Crippen LogP contribution < -0.4 is 5.73 Å². The van der Waals surface area contributed by atoms with Gasteiger partial charge in [-0.25, -0.2) is 9.97 Å². The van der Waals surface area contributed by atoms with E-state index >= 15 is 0 Å². The van der Waals surface area contributed by atoms with Gasteiger partial charge in [-0.05, 0) is 51.0 Å². The average Bonchev–Trinajstić information content (AvgIpc) is 2.71. The summed E-state index contributed by atoms with van der Waals surface area (Å²) in [4.78, 5) is 8.76. The zero-order valence-corrected chi connectivity index (χ0v) is 12.9. The Hall–Kier alpha value is -0.630. The van der Waals surface area contributed by atoms with Gasteiger partial charge in [-0.15, -0.1) is 0 Å². The molecule has 2 rings (SSSR count). The van der Waals surface area contributed by atoms with Crippen molar-refractivity contribution in [1.29, 1.82) is 0 Å². The Morgan fingerprint density at radius 1 is 1.47 bits per heavy atom. The second kappa shape index (κ2) is 5.34. The number of aryl methyl sites for hydroxylation is 1. The van der Waals surface area contributed by atoms with Crippen molar-refractivity contribution >= 4 is 44.3 Å². The molecule has 0 bridgehead atoms. The van der Waals surface area contributed by atoms with E-state index in [1.165, 1.54) is 0 Å². The molecule has 2 heterocycles. The fraction of sp³-hybridized carbons (Fsp3) is 0.273. The summed E-state index contributed by atoms with van der Waals surface area (Å²) in [6.07, 6.45) is 3.50. The van der Waals surface area contributed by atoms with Crippen LogP contribution in [0.1, 0.15) is 19.0 Å². The van der Waals surface area contributed by atoms with Crippen molar-refractivity contribution in [1.82, 2.24) is 9.97 Å². The lowest BCUT2D eigenvalue weighted by Crippen LogP contribution is -2.04. The first kappa shape index (κ1) is 12.8. The molecule has 0 aliphatic rings. The number of nitrogens with zero attached hydrogens (tertiary/aromatic N) is 2. The highest BCUT2D eigenvalue weighted by atomic mass is 127. The van der Waals surface area contributed by atoms with E-state index in [0.717, 1.165) is 26.6 Å². The van der Waals surface area contributed by atoms with Crippen molar-refractivity contribution in [3.63, 3.8) is 0 Å². The number of nitrogens with two attached hydrogens (primary N) is 1.